The van der Waals surface area contributed by atoms with E-state index in [1.807, 2.05) is 6.92 Å². The summed E-state index contributed by atoms with van der Waals surface area (Å²) in [6, 6.07) is 12.5. The second-order valence-electron chi connectivity index (χ2n) is 6.73. The van der Waals surface area contributed by atoms with Gasteiger partial charge in [0.1, 0.15) is 5.75 Å². The van der Waals surface area contributed by atoms with Gasteiger partial charge in [0.15, 0.2) is 0 Å². The maximum Gasteiger partial charge on any atom is 0.251 e. The van der Waals surface area contributed by atoms with Crippen molar-refractivity contribution in [2.24, 2.45) is 0 Å². The first kappa shape index (κ1) is 22.7. The van der Waals surface area contributed by atoms with Crippen LogP contribution in [-0.2, 0) is 19.6 Å². The Morgan fingerprint density at radius 2 is 1.68 bits per heavy atom. The van der Waals surface area contributed by atoms with Gasteiger partial charge in [-0.15, -0.1) is 0 Å². The maximum absolute atomic E-state index is 12.6. The van der Waals surface area contributed by atoms with Gasteiger partial charge in [0.25, 0.3) is 5.91 Å². The molecule has 2 aromatic carbocycles. The van der Waals surface area contributed by atoms with Crippen LogP contribution in [0.1, 0.15) is 17.3 Å². The fraction of sp³-hybridized carbons (Fsp3) is 0.333. The van der Waals surface area contributed by atoms with Gasteiger partial charge in [0.05, 0.1) is 31.3 Å². The molecule has 0 aliphatic carbocycles. The number of ether oxygens (including phenoxy) is 2. The summed E-state index contributed by atoms with van der Waals surface area (Å²) >= 11 is 0. The summed E-state index contributed by atoms with van der Waals surface area (Å²) in [6.07, 6.45) is 0. The van der Waals surface area contributed by atoms with E-state index in [4.69, 9.17) is 9.47 Å². The lowest BCUT2D eigenvalue weighted by atomic mass is 10.2. The van der Waals surface area contributed by atoms with E-state index in [1.54, 1.807) is 24.3 Å². The number of hydrogen-bond donors (Lipinski definition) is 2. The number of amides is 2. The van der Waals surface area contributed by atoms with Crippen LogP contribution in [0.25, 0.3) is 0 Å². The molecule has 31 heavy (non-hydrogen) atoms. The molecule has 2 N–H and O–H groups in total. The molecule has 166 valence electrons. The predicted molar refractivity (Wildman–Crippen MR) is 115 cm³/mol. The lowest BCUT2D eigenvalue weighted by Gasteiger charge is -2.26. The summed E-state index contributed by atoms with van der Waals surface area (Å²) < 4.78 is 37.1. The molecular weight excluding hydrogens is 422 g/mol. The van der Waals surface area contributed by atoms with Crippen LogP contribution in [0.15, 0.2) is 53.4 Å². The highest BCUT2D eigenvalue weighted by atomic mass is 32.2. The van der Waals surface area contributed by atoms with Crippen LogP contribution in [0.5, 0.6) is 5.75 Å². The van der Waals surface area contributed by atoms with Gasteiger partial charge in [-0.25, -0.2) is 8.42 Å². The molecule has 0 bridgehead atoms. The average molecular weight is 448 g/mol. The number of hydrogen-bond acceptors (Lipinski definition) is 6. The van der Waals surface area contributed by atoms with Crippen molar-refractivity contribution in [3.8, 4) is 5.75 Å². The maximum atomic E-state index is 12.6. The quantitative estimate of drug-likeness (QED) is 0.634. The van der Waals surface area contributed by atoms with E-state index in [0.717, 1.165) is 0 Å². The van der Waals surface area contributed by atoms with E-state index in [0.29, 0.717) is 44.3 Å². The normalized spacial score (nSPS) is 14.6. The third-order valence-corrected chi connectivity index (χ3v) is 6.50. The zero-order chi connectivity index (χ0) is 22.3. The van der Waals surface area contributed by atoms with Crippen LogP contribution in [0.4, 0.5) is 5.69 Å². The summed E-state index contributed by atoms with van der Waals surface area (Å²) in [7, 11) is -3.62. The number of anilines is 1. The van der Waals surface area contributed by atoms with E-state index >= 15 is 0 Å². The van der Waals surface area contributed by atoms with Crippen molar-refractivity contribution in [1.82, 2.24) is 9.62 Å². The summed E-state index contributed by atoms with van der Waals surface area (Å²) in [5, 5.41) is 5.20. The molecule has 0 unspecified atom stereocenters. The molecule has 0 atom stereocenters. The molecule has 2 amide bonds. The Hall–Kier alpha value is -2.95. The molecule has 0 saturated carbocycles. The van der Waals surface area contributed by atoms with Crippen LogP contribution >= 0.6 is 0 Å². The second-order valence-corrected chi connectivity index (χ2v) is 8.67. The zero-order valence-corrected chi connectivity index (χ0v) is 18.0. The van der Waals surface area contributed by atoms with Crippen LogP contribution in [0, 0.1) is 0 Å². The number of sulfonamides is 1. The fourth-order valence-corrected chi connectivity index (χ4v) is 4.39. The SMILES string of the molecule is CCOc1ccc(NC(=O)CNC(=O)c2ccc(S(=O)(=O)N3CCOCC3)cc2)cc1. The molecule has 1 aliphatic heterocycles. The summed E-state index contributed by atoms with van der Waals surface area (Å²) in [5.74, 6) is -0.158. The lowest BCUT2D eigenvalue weighted by Crippen LogP contribution is -2.40. The van der Waals surface area contributed by atoms with Crippen LogP contribution in [0.3, 0.4) is 0 Å². The van der Waals surface area contributed by atoms with Gasteiger partial charge in [-0.3, -0.25) is 9.59 Å². The van der Waals surface area contributed by atoms with E-state index in [2.05, 4.69) is 10.6 Å². The summed E-state index contributed by atoms with van der Waals surface area (Å²) in [5.41, 5.74) is 0.843. The monoisotopic (exact) mass is 447 g/mol. The number of benzene rings is 2. The van der Waals surface area contributed by atoms with Gasteiger partial charge < -0.3 is 20.1 Å². The van der Waals surface area contributed by atoms with Crippen molar-refractivity contribution in [3.63, 3.8) is 0 Å². The third-order valence-electron chi connectivity index (χ3n) is 4.58. The highest BCUT2D eigenvalue weighted by molar-refractivity contribution is 7.89. The first-order chi connectivity index (χ1) is 14.9. The number of nitrogens with one attached hydrogen (secondary N) is 2. The largest absolute Gasteiger partial charge is 0.494 e. The van der Waals surface area contributed by atoms with Gasteiger partial charge in [-0.2, -0.15) is 4.31 Å². The van der Waals surface area contributed by atoms with Crippen molar-refractivity contribution in [3.05, 3.63) is 54.1 Å². The van der Waals surface area contributed by atoms with Crippen molar-refractivity contribution < 1.29 is 27.5 Å². The molecular formula is C21H25N3O6S. The Morgan fingerprint density at radius 1 is 1.03 bits per heavy atom. The molecule has 1 fully saturated rings. The van der Waals surface area contributed by atoms with Gasteiger partial charge in [0, 0.05) is 24.3 Å². The Morgan fingerprint density at radius 3 is 2.29 bits per heavy atom. The van der Waals surface area contributed by atoms with Crippen molar-refractivity contribution >= 4 is 27.5 Å². The minimum absolute atomic E-state index is 0.110. The summed E-state index contributed by atoms with van der Waals surface area (Å²) in [6.45, 7) is 3.53. The van der Waals surface area contributed by atoms with E-state index in [9.17, 15) is 18.0 Å². The molecule has 3 rings (SSSR count). The van der Waals surface area contributed by atoms with Gasteiger partial charge in [-0.1, -0.05) is 0 Å². The minimum Gasteiger partial charge on any atom is -0.494 e. The van der Waals surface area contributed by atoms with Crippen molar-refractivity contribution in [2.75, 3.05) is 44.8 Å². The number of carbonyl (C=O) groups excluding carboxylic acids is 2. The zero-order valence-electron chi connectivity index (χ0n) is 17.2. The smallest absolute Gasteiger partial charge is 0.251 e. The van der Waals surface area contributed by atoms with E-state index < -0.39 is 15.9 Å². The van der Waals surface area contributed by atoms with Crippen LogP contribution < -0.4 is 15.4 Å². The fourth-order valence-electron chi connectivity index (χ4n) is 2.98. The Labute approximate surface area is 181 Å². The molecule has 0 radical (unpaired) electrons. The first-order valence-electron chi connectivity index (χ1n) is 9.89. The molecule has 10 heteroatoms. The molecule has 9 nitrogen and oxygen atoms in total. The molecule has 2 aromatic rings. The highest BCUT2D eigenvalue weighted by Crippen LogP contribution is 2.18. The minimum atomic E-state index is -3.62. The Bertz CT molecular complexity index is 1000. The molecule has 1 saturated heterocycles. The van der Waals surface area contributed by atoms with Crippen molar-refractivity contribution in [1.29, 1.82) is 0 Å². The average Bonchev–Trinajstić information content (AvgIpc) is 2.79. The number of morpholine rings is 1. The molecule has 1 heterocycles. The first-order valence-corrected chi connectivity index (χ1v) is 11.3. The van der Waals surface area contributed by atoms with E-state index in [-0.39, 0.29) is 22.9 Å². The molecule has 0 aromatic heterocycles. The van der Waals surface area contributed by atoms with Gasteiger partial charge >= 0.3 is 0 Å². The van der Waals surface area contributed by atoms with Crippen LogP contribution in [-0.4, -0.2) is 64.0 Å². The number of carbonyl (C=O) groups is 2. The summed E-state index contributed by atoms with van der Waals surface area (Å²) in [4.78, 5) is 24.5. The number of rotatable bonds is 8. The standard InChI is InChI=1S/C21H25N3O6S/c1-2-30-18-7-5-17(6-8-18)23-20(25)15-22-21(26)16-3-9-19(10-4-16)31(27,28)24-11-13-29-14-12-24/h3-10H,2,11-15H2,1H3,(H,22,26)(H,23,25). The molecule has 1 aliphatic rings. The molecule has 0 spiro atoms. The third kappa shape index (κ3) is 6.03. The number of nitrogens with zero attached hydrogens (tertiary/aromatic N) is 1. The van der Waals surface area contributed by atoms with Gasteiger partial charge in [0.2, 0.25) is 15.9 Å². The predicted octanol–water partition coefficient (Wildman–Crippen LogP) is 1.47. The lowest BCUT2D eigenvalue weighted by molar-refractivity contribution is -0.115. The van der Waals surface area contributed by atoms with Gasteiger partial charge in [-0.05, 0) is 55.5 Å². The topological polar surface area (TPSA) is 114 Å². The van der Waals surface area contributed by atoms with Crippen LogP contribution in [0.2, 0.25) is 0 Å². The second kappa shape index (κ2) is 10.4. The highest BCUT2D eigenvalue weighted by Gasteiger charge is 2.26. The Balaban J connectivity index is 1.52. The van der Waals surface area contributed by atoms with E-state index in [1.165, 1.54) is 28.6 Å². The van der Waals surface area contributed by atoms with Crippen molar-refractivity contribution in [2.45, 2.75) is 11.8 Å². The Kier molecular flexibility index (Phi) is 7.61.